The van der Waals surface area contributed by atoms with Crippen LogP contribution in [0, 0.1) is 0 Å². The molecule has 0 rings (SSSR count). The molecule has 0 spiro atoms. The van der Waals surface area contributed by atoms with Gasteiger partial charge in [-0.2, -0.15) is 0 Å². The summed E-state index contributed by atoms with van der Waals surface area (Å²) in [6.45, 7) is 2.34. The van der Waals surface area contributed by atoms with E-state index in [4.69, 9.17) is 23.1 Å². The third kappa shape index (κ3) is 4.62. The van der Waals surface area contributed by atoms with Gasteiger partial charge in [0.25, 0.3) is 5.91 Å². The highest BCUT2D eigenvalue weighted by molar-refractivity contribution is 6.29. The van der Waals surface area contributed by atoms with Gasteiger partial charge in [-0.25, -0.2) is 0 Å². The summed E-state index contributed by atoms with van der Waals surface area (Å²) >= 11 is 5.31. The van der Waals surface area contributed by atoms with Crippen LogP contribution in [0.5, 0.6) is 0 Å². The van der Waals surface area contributed by atoms with E-state index < -0.39 is 0 Å². The summed E-state index contributed by atoms with van der Waals surface area (Å²) in [6.07, 6.45) is 2.71. The lowest BCUT2D eigenvalue weighted by Gasteiger charge is -1.99. The average Bonchev–Trinajstić information content (AvgIpc) is 2.00. The van der Waals surface area contributed by atoms with Gasteiger partial charge in [-0.05, 0) is 19.1 Å². The first-order valence-electron chi connectivity index (χ1n) is 3.44. The molecule has 5 N–H and O–H groups in total. The molecular weight excluding hydrogens is 178 g/mol. The number of hydrogen-bond acceptors (Lipinski definition) is 3. The molecule has 0 aliphatic rings. The average molecular weight is 190 g/mol. The number of hydrogen-bond donors (Lipinski definition) is 3. The van der Waals surface area contributed by atoms with Crippen LogP contribution in [0.3, 0.4) is 0 Å². The van der Waals surface area contributed by atoms with Gasteiger partial charge in [0.1, 0.15) is 0 Å². The Kier molecular flexibility index (Phi) is 4.96. The van der Waals surface area contributed by atoms with Gasteiger partial charge in [-0.15, -0.1) is 0 Å². The van der Waals surface area contributed by atoms with Crippen molar-refractivity contribution < 1.29 is 4.79 Å². The monoisotopic (exact) mass is 189 g/mol. The molecule has 0 radical (unpaired) electrons. The van der Waals surface area contributed by atoms with Crippen molar-refractivity contribution in [1.29, 1.82) is 0 Å². The van der Waals surface area contributed by atoms with Crippen LogP contribution in [0.25, 0.3) is 0 Å². The van der Waals surface area contributed by atoms with Gasteiger partial charge in [0.15, 0.2) is 0 Å². The van der Waals surface area contributed by atoms with Gasteiger partial charge in [-0.3, -0.25) is 4.79 Å². The topological polar surface area (TPSA) is 81.1 Å². The Hall–Kier alpha value is -1.16. The standard InChI is InChI=1S/C7H12ClN3O/c1-2-11-7(12)5(9)3-4-6(8)10/h3-4H,2,9-10H2,1H3,(H,11,12)/b5-3-,6-4-. The normalized spacial score (nSPS) is 12.8. The molecule has 68 valence electrons. The fourth-order valence-electron chi connectivity index (χ4n) is 0.508. The van der Waals surface area contributed by atoms with Gasteiger partial charge in [0.05, 0.1) is 10.9 Å². The molecule has 0 aromatic rings. The molecule has 0 aromatic heterocycles. The molecule has 1 amide bonds. The van der Waals surface area contributed by atoms with Crippen LogP contribution in [0.1, 0.15) is 6.92 Å². The maximum Gasteiger partial charge on any atom is 0.267 e. The zero-order valence-electron chi connectivity index (χ0n) is 6.80. The van der Waals surface area contributed by atoms with Crippen LogP contribution in [0.15, 0.2) is 23.0 Å². The lowest BCUT2D eigenvalue weighted by atomic mass is 10.3. The number of amides is 1. The molecule has 0 aliphatic heterocycles. The molecule has 0 unspecified atom stereocenters. The van der Waals surface area contributed by atoms with E-state index in [1.807, 2.05) is 0 Å². The first kappa shape index (κ1) is 10.8. The second-order valence-corrected chi connectivity index (χ2v) is 2.47. The highest BCUT2D eigenvalue weighted by atomic mass is 35.5. The Balaban J connectivity index is 4.18. The van der Waals surface area contributed by atoms with Gasteiger partial charge in [0, 0.05) is 6.54 Å². The largest absolute Gasteiger partial charge is 0.394 e. The maximum atomic E-state index is 10.9. The van der Waals surface area contributed by atoms with Crippen LogP contribution in [-0.2, 0) is 4.79 Å². The van der Waals surface area contributed by atoms with Crippen molar-refractivity contribution in [3.63, 3.8) is 0 Å². The van der Waals surface area contributed by atoms with E-state index >= 15 is 0 Å². The number of allylic oxidation sites excluding steroid dienone is 2. The second-order valence-electron chi connectivity index (χ2n) is 2.03. The van der Waals surface area contributed by atoms with Crippen molar-refractivity contribution in [3.8, 4) is 0 Å². The number of nitrogens with two attached hydrogens (primary N) is 2. The SMILES string of the molecule is CCNC(=O)/C(N)=C/C=C(\N)Cl. The van der Waals surface area contributed by atoms with E-state index in [-0.39, 0.29) is 16.8 Å². The molecular formula is C7H12ClN3O. The third-order valence-electron chi connectivity index (χ3n) is 1.02. The Morgan fingerprint density at radius 2 is 2.08 bits per heavy atom. The molecule has 0 fully saturated rings. The molecule has 0 atom stereocenters. The lowest BCUT2D eigenvalue weighted by Crippen LogP contribution is -2.28. The van der Waals surface area contributed by atoms with Crippen molar-refractivity contribution in [2.24, 2.45) is 11.5 Å². The highest BCUT2D eigenvalue weighted by Gasteiger charge is 2.00. The molecule has 12 heavy (non-hydrogen) atoms. The second kappa shape index (κ2) is 5.49. The number of carbonyl (C=O) groups is 1. The number of rotatable bonds is 3. The van der Waals surface area contributed by atoms with Gasteiger partial charge < -0.3 is 16.8 Å². The van der Waals surface area contributed by atoms with Gasteiger partial charge >= 0.3 is 0 Å². The molecule has 0 heterocycles. The molecule has 0 saturated heterocycles. The van der Waals surface area contributed by atoms with Gasteiger partial charge in [0.2, 0.25) is 0 Å². The summed E-state index contributed by atoms with van der Waals surface area (Å²) < 4.78 is 0. The van der Waals surface area contributed by atoms with E-state index in [0.29, 0.717) is 6.54 Å². The summed E-state index contributed by atoms with van der Waals surface area (Å²) in [4.78, 5) is 10.9. The number of carbonyl (C=O) groups excluding carboxylic acids is 1. The van der Waals surface area contributed by atoms with Crippen molar-refractivity contribution in [1.82, 2.24) is 5.32 Å². The number of likely N-dealkylation sites (N-methyl/N-ethyl adjacent to an activating group) is 1. The van der Waals surface area contributed by atoms with E-state index in [1.54, 1.807) is 6.92 Å². The Morgan fingerprint density at radius 3 is 2.50 bits per heavy atom. The minimum absolute atomic E-state index is 0.0838. The fraction of sp³-hybridized carbons (Fsp3) is 0.286. The molecule has 0 saturated carbocycles. The summed E-state index contributed by atoms with van der Waals surface area (Å²) in [5, 5.41) is 2.61. The predicted molar refractivity (Wildman–Crippen MR) is 49.1 cm³/mol. The van der Waals surface area contributed by atoms with Crippen LogP contribution in [0.4, 0.5) is 0 Å². The minimum Gasteiger partial charge on any atom is -0.394 e. The Bertz CT molecular complexity index is 219. The van der Waals surface area contributed by atoms with E-state index in [9.17, 15) is 4.79 Å². The molecule has 0 bridgehead atoms. The first-order valence-corrected chi connectivity index (χ1v) is 3.82. The lowest BCUT2D eigenvalue weighted by molar-refractivity contribution is -0.117. The van der Waals surface area contributed by atoms with E-state index in [2.05, 4.69) is 5.32 Å². The van der Waals surface area contributed by atoms with Crippen LogP contribution in [0.2, 0.25) is 0 Å². The molecule has 4 nitrogen and oxygen atoms in total. The van der Waals surface area contributed by atoms with Crippen LogP contribution < -0.4 is 16.8 Å². The van der Waals surface area contributed by atoms with Crippen molar-refractivity contribution in [2.45, 2.75) is 6.92 Å². The minimum atomic E-state index is -0.327. The predicted octanol–water partition coefficient (Wildman–Crippen LogP) is 0.00400. The fourth-order valence-corrected chi connectivity index (χ4v) is 0.571. The Morgan fingerprint density at radius 1 is 1.50 bits per heavy atom. The van der Waals surface area contributed by atoms with E-state index in [0.717, 1.165) is 0 Å². The molecule has 5 heteroatoms. The van der Waals surface area contributed by atoms with Crippen molar-refractivity contribution >= 4 is 17.5 Å². The van der Waals surface area contributed by atoms with Crippen molar-refractivity contribution in [3.05, 3.63) is 23.0 Å². The zero-order chi connectivity index (χ0) is 9.56. The third-order valence-corrected chi connectivity index (χ3v) is 1.15. The maximum absolute atomic E-state index is 10.9. The van der Waals surface area contributed by atoms with Gasteiger partial charge in [-0.1, -0.05) is 11.6 Å². The quantitative estimate of drug-likeness (QED) is 0.332. The summed E-state index contributed by atoms with van der Waals surface area (Å²) in [6, 6.07) is 0. The van der Waals surface area contributed by atoms with Crippen molar-refractivity contribution in [2.75, 3.05) is 6.54 Å². The summed E-state index contributed by atoms with van der Waals surface area (Å²) in [7, 11) is 0. The van der Waals surface area contributed by atoms with Crippen LogP contribution in [-0.4, -0.2) is 12.5 Å². The zero-order valence-corrected chi connectivity index (χ0v) is 7.56. The number of nitrogens with one attached hydrogen (secondary N) is 1. The summed E-state index contributed by atoms with van der Waals surface area (Å²) in [5.41, 5.74) is 10.5. The Labute approximate surface area is 76.2 Å². The van der Waals surface area contributed by atoms with Crippen LogP contribution >= 0.6 is 11.6 Å². The highest BCUT2D eigenvalue weighted by Crippen LogP contribution is 1.92. The van der Waals surface area contributed by atoms with E-state index in [1.165, 1.54) is 12.2 Å². The first-order chi connectivity index (χ1) is 5.57. The summed E-state index contributed by atoms with van der Waals surface area (Å²) in [5.74, 6) is -0.327. The smallest absolute Gasteiger partial charge is 0.267 e. The number of halogens is 1. The molecule has 0 aliphatic carbocycles. The molecule has 0 aromatic carbocycles.